The minimum atomic E-state index is 0.143. The van der Waals surface area contributed by atoms with Crippen molar-refractivity contribution in [1.29, 1.82) is 0 Å². The topological polar surface area (TPSA) is 18.5 Å². The Hall–Kier alpha value is -1.19. The molecule has 3 atom stereocenters. The van der Waals surface area contributed by atoms with Crippen LogP contribution in [0.3, 0.4) is 0 Å². The quantitative estimate of drug-likeness (QED) is 0.552. The van der Waals surface area contributed by atoms with Crippen LogP contribution < -0.4 is 0 Å². The summed E-state index contributed by atoms with van der Waals surface area (Å²) in [6.45, 7) is 0. The van der Waals surface area contributed by atoms with Crippen molar-refractivity contribution >= 4 is 10.9 Å². The second-order valence-electron chi connectivity index (χ2n) is 6.18. The van der Waals surface area contributed by atoms with E-state index in [1.807, 2.05) is 7.11 Å². The van der Waals surface area contributed by atoms with Crippen molar-refractivity contribution < 1.29 is 9.47 Å². The zero-order valence-electron chi connectivity index (χ0n) is 13.1. The van der Waals surface area contributed by atoms with Gasteiger partial charge in [-0.2, -0.15) is 0 Å². The first-order chi connectivity index (χ1) is 10.9. The third kappa shape index (κ3) is 2.50. The van der Waals surface area contributed by atoms with Crippen LogP contribution in [0.15, 0.2) is 57.8 Å². The number of allylic oxidation sites excluding steroid dienone is 5. The molecule has 116 valence electrons. The van der Waals surface area contributed by atoms with Gasteiger partial charge in [0.25, 0.3) is 0 Å². The average molecular weight is 315 g/mol. The number of fused-ring (bicyclic) bond motifs is 1. The number of methoxy groups -OCH3 is 1. The molecule has 3 unspecified atom stereocenters. The molecule has 0 bridgehead atoms. The van der Waals surface area contributed by atoms with E-state index in [0.717, 1.165) is 50.0 Å². The number of hydrogen-bond donors (Lipinski definition) is 0. The van der Waals surface area contributed by atoms with Gasteiger partial charge >= 0.3 is 0 Å². The van der Waals surface area contributed by atoms with Gasteiger partial charge in [-0.25, -0.2) is 0 Å². The Kier molecular flexibility index (Phi) is 4.01. The minimum Gasteiger partial charge on any atom is -0.448 e. The van der Waals surface area contributed by atoms with Gasteiger partial charge in [-0.15, -0.1) is 0 Å². The Balaban J connectivity index is 1.74. The first kappa shape index (κ1) is 14.4. The third-order valence-electron chi connectivity index (χ3n) is 4.75. The molecule has 0 aromatic rings. The SMILES string of the molecule is COC1CC=CC([S+]2C3=CCCC=C3OC3=C2CCC=C3)C1. The smallest absolute Gasteiger partial charge is 0.199 e. The van der Waals surface area contributed by atoms with E-state index < -0.39 is 0 Å². The summed E-state index contributed by atoms with van der Waals surface area (Å²) >= 11 is 0. The van der Waals surface area contributed by atoms with Gasteiger partial charge < -0.3 is 9.47 Å². The zero-order chi connectivity index (χ0) is 14.9. The van der Waals surface area contributed by atoms with Gasteiger partial charge in [-0.1, -0.05) is 12.2 Å². The molecular formula is C19H23O2S+. The van der Waals surface area contributed by atoms with Crippen LogP contribution in [0.5, 0.6) is 0 Å². The lowest BCUT2D eigenvalue weighted by atomic mass is 10.0. The summed E-state index contributed by atoms with van der Waals surface area (Å²) in [6.07, 6.45) is 20.9. The van der Waals surface area contributed by atoms with E-state index in [2.05, 4.69) is 36.5 Å². The van der Waals surface area contributed by atoms with Crippen molar-refractivity contribution in [2.75, 3.05) is 7.11 Å². The van der Waals surface area contributed by atoms with Gasteiger partial charge in [-0.05, 0) is 50.0 Å². The lowest BCUT2D eigenvalue weighted by Crippen LogP contribution is -2.34. The fourth-order valence-electron chi connectivity index (χ4n) is 3.63. The molecule has 1 aliphatic heterocycles. The second kappa shape index (κ2) is 6.13. The van der Waals surface area contributed by atoms with E-state index in [4.69, 9.17) is 9.47 Å². The molecule has 0 saturated heterocycles. The molecule has 1 heterocycles. The predicted octanol–water partition coefficient (Wildman–Crippen LogP) is 4.49. The second-order valence-corrected chi connectivity index (χ2v) is 8.39. The molecule has 0 aromatic carbocycles. The van der Waals surface area contributed by atoms with Gasteiger partial charge in [0.1, 0.15) is 5.25 Å². The average Bonchev–Trinajstić information content (AvgIpc) is 2.59. The molecule has 4 rings (SSSR count). The summed E-state index contributed by atoms with van der Waals surface area (Å²) in [7, 11) is 1.98. The molecular weight excluding hydrogens is 292 g/mol. The van der Waals surface area contributed by atoms with Crippen LogP contribution in [0.4, 0.5) is 0 Å². The first-order valence-corrected chi connectivity index (χ1v) is 9.56. The summed E-state index contributed by atoms with van der Waals surface area (Å²) in [5.74, 6) is 2.24. The Morgan fingerprint density at radius 3 is 3.00 bits per heavy atom. The number of ether oxygens (including phenoxy) is 2. The van der Waals surface area contributed by atoms with E-state index in [0.29, 0.717) is 11.4 Å². The van der Waals surface area contributed by atoms with Crippen LogP contribution in [-0.2, 0) is 20.4 Å². The summed E-state index contributed by atoms with van der Waals surface area (Å²) < 4.78 is 11.8. The van der Waals surface area contributed by atoms with Crippen LogP contribution in [0.2, 0.25) is 0 Å². The maximum Gasteiger partial charge on any atom is 0.199 e. The van der Waals surface area contributed by atoms with Crippen LogP contribution in [0.1, 0.15) is 38.5 Å². The Bertz CT molecular complexity index is 609. The summed E-state index contributed by atoms with van der Waals surface area (Å²) in [4.78, 5) is 2.98. The molecule has 0 fully saturated rings. The molecule has 0 saturated carbocycles. The molecule has 22 heavy (non-hydrogen) atoms. The van der Waals surface area contributed by atoms with E-state index in [9.17, 15) is 0 Å². The van der Waals surface area contributed by atoms with Gasteiger partial charge in [0.2, 0.25) is 0 Å². The maximum absolute atomic E-state index is 6.21. The molecule has 0 radical (unpaired) electrons. The van der Waals surface area contributed by atoms with E-state index >= 15 is 0 Å². The summed E-state index contributed by atoms with van der Waals surface area (Å²) in [5.41, 5.74) is 0. The third-order valence-corrected chi connectivity index (χ3v) is 7.49. The van der Waals surface area contributed by atoms with E-state index in [1.165, 1.54) is 9.81 Å². The highest BCUT2D eigenvalue weighted by Gasteiger charge is 2.47. The number of hydrogen-bond acceptors (Lipinski definition) is 2. The molecule has 0 amide bonds. The van der Waals surface area contributed by atoms with Crippen molar-refractivity contribution in [3.05, 3.63) is 57.8 Å². The minimum absolute atomic E-state index is 0.143. The molecule has 3 heteroatoms. The van der Waals surface area contributed by atoms with Gasteiger partial charge in [-0.3, -0.25) is 0 Å². The Morgan fingerprint density at radius 2 is 2.09 bits per heavy atom. The fourth-order valence-corrected chi connectivity index (χ4v) is 6.57. The lowest BCUT2D eigenvalue weighted by molar-refractivity contribution is 0.0964. The standard InChI is InChI=1S/C19H23O2S/c1-20-14-7-6-8-15(13-14)22-18-11-4-2-9-16(18)21-17-10-3-5-12-19(17)22/h2,6,8-10,12,14-15H,3-5,7,11,13H2,1H3/q+1. The monoisotopic (exact) mass is 315 g/mol. The fraction of sp³-hybridized carbons (Fsp3) is 0.474. The van der Waals surface area contributed by atoms with Gasteiger partial charge in [0.05, 0.1) is 17.0 Å². The summed E-state index contributed by atoms with van der Waals surface area (Å²) in [5, 5.41) is 0.562. The van der Waals surface area contributed by atoms with Crippen molar-refractivity contribution in [1.82, 2.24) is 0 Å². The molecule has 3 aliphatic carbocycles. The lowest BCUT2D eigenvalue weighted by Gasteiger charge is -2.31. The predicted molar refractivity (Wildman–Crippen MR) is 92.2 cm³/mol. The van der Waals surface area contributed by atoms with Crippen LogP contribution in [0.25, 0.3) is 0 Å². The maximum atomic E-state index is 6.21. The molecule has 2 nitrogen and oxygen atoms in total. The van der Waals surface area contributed by atoms with Gasteiger partial charge in [0.15, 0.2) is 21.3 Å². The van der Waals surface area contributed by atoms with Crippen molar-refractivity contribution in [2.45, 2.75) is 49.9 Å². The van der Waals surface area contributed by atoms with Crippen LogP contribution >= 0.6 is 0 Å². The normalized spacial score (nSPS) is 33.6. The Labute approximate surface area is 135 Å². The molecule has 0 spiro atoms. The highest BCUT2D eigenvalue weighted by atomic mass is 32.2. The van der Waals surface area contributed by atoms with Crippen LogP contribution in [-0.4, -0.2) is 18.5 Å². The highest BCUT2D eigenvalue weighted by molar-refractivity contribution is 8.05. The molecule has 4 aliphatic rings. The highest BCUT2D eigenvalue weighted by Crippen LogP contribution is 2.46. The largest absolute Gasteiger partial charge is 0.448 e. The molecule has 0 aromatic heterocycles. The summed E-state index contributed by atoms with van der Waals surface area (Å²) in [6, 6.07) is 0. The number of rotatable bonds is 2. The molecule has 0 N–H and O–H groups in total. The van der Waals surface area contributed by atoms with Crippen molar-refractivity contribution in [2.24, 2.45) is 0 Å². The van der Waals surface area contributed by atoms with Crippen molar-refractivity contribution in [3.63, 3.8) is 0 Å². The first-order valence-electron chi connectivity index (χ1n) is 8.27. The van der Waals surface area contributed by atoms with Crippen molar-refractivity contribution in [3.8, 4) is 0 Å². The van der Waals surface area contributed by atoms with Crippen LogP contribution in [0, 0.1) is 0 Å². The zero-order valence-corrected chi connectivity index (χ0v) is 13.9. The van der Waals surface area contributed by atoms with E-state index in [1.54, 1.807) is 0 Å². The van der Waals surface area contributed by atoms with Gasteiger partial charge in [0, 0.05) is 20.0 Å². The van der Waals surface area contributed by atoms with E-state index in [-0.39, 0.29) is 10.9 Å². The Morgan fingerprint density at radius 1 is 1.18 bits per heavy atom.